The minimum Gasteiger partial charge on any atom is -0.311 e. The van der Waals surface area contributed by atoms with Crippen molar-refractivity contribution in [2.75, 3.05) is 16.8 Å². The summed E-state index contributed by atoms with van der Waals surface area (Å²) in [6.45, 7) is 1.44. The van der Waals surface area contributed by atoms with Crippen molar-refractivity contribution < 1.29 is 22.4 Å². The normalized spacial score (nSPS) is 15.6. The molecule has 3 aromatic rings. The van der Waals surface area contributed by atoms with Gasteiger partial charge in [-0.05, 0) is 48.9 Å². The maximum absolute atomic E-state index is 14.4. The molecule has 0 saturated carbocycles. The van der Waals surface area contributed by atoms with Crippen molar-refractivity contribution in [1.29, 1.82) is 0 Å². The quantitative estimate of drug-likeness (QED) is 0.492. The van der Waals surface area contributed by atoms with Crippen molar-refractivity contribution >= 4 is 34.8 Å². The molecule has 0 fully saturated rings. The van der Waals surface area contributed by atoms with Gasteiger partial charge in [0, 0.05) is 30.4 Å². The van der Waals surface area contributed by atoms with Crippen LogP contribution in [-0.4, -0.2) is 29.0 Å². The zero-order valence-electron chi connectivity index (χ0n) is 17.0. The number of rotatable bonds is 3. The largest absolute Gasteiger partial charge is 0.416 e. The maximum Gasteiger partial charge on any atom is 0.416 e. The fourth-order valence-corrected chi connectivity index (χ4v) is 3.91. The van der Waals surface area contributed by atoms with Crippen LogP contribution >= 0.6 is 11.6 Å². The molecule has 1 aliphatic rings. The molecule has 166 valence electrons. The second-order valence-electron chi connectivity index (χ2n) is 7.42. The van der Waals surface area contributed by atoms with Gasteiger partial charge in [0.1, 0.15) is 23.5 Å². The number of fused-ring (bicyclic) bond motifs is 1. The number of aromatic nitrogens is 2. The Morgan fingerprint density at radius 2 is 1.97 bits per heavy atom. The van der Waals surface area contributed by atoms with Gasteiger partial charge in [0.25, 0.3) is 0 Å². The van der Waals surface area contributed by atoms with Crippen LogP contribution in [0.25, 0.3) is 0 Å². The van der Waals surface area contributed by atoms with Crippen molar-refractivity contribution in [3.63, 3.8) is 0 Å². The van der Waals surface area contributed by atoms with Crippen molar-refractivity contribution in [2.45, 2.75) is 25.6 Å². The summed E-state index contributed by atoms with van der Waals surface area (Å²) in [5.74, 6) is -0.926. The Hall–Kier alpha value is -3.20. The lowest BCUT2D eigenvalue weighted by Gasteiger charge is -2.29. The van der Waals surface area contributed by atoms with Crippen molar-refractivity contribution in [3.8, 4) is 0 Å². The SMILES string of the molecule is Cc1cc(C(F)(F)F)cc(N2c3ncccc3CC2C(=O)N(C)c2cc(Cl)ccc2F)n1. The predicted octanol–water partition coefficient (Wildman–Crippen LogP) is 5.32. The van der Waals surface area contributed by atoms with Gasteiger partial charge in [0.2, 0.25) is 5.91 Å². The Morgan fingerprint density at radius 3 is 2.69 bits per heavy atom. The number of halogens is 5. The van der Waals surface area contributed by atoms with Crippen LogP contribution < -0.4 is 9.80 Å². The summed E-state index contributed by atoms with van der Waals surface area (Å²) >= 11 is 5.96. The van der Waals surface area contributed by atoms with Gasteiger partial charge in [-0.3, -0.25) is 9.69 Å². The fraction of sp³-hybridized carbons (Fsp3) is 0.227. The van der Waals surface area contributed by atoms with Crippen LogP contribution in [0.5, 0.6) is 0 Å². The van der Waals surface area contributed by atoms with Crippen LogP contribution in [0.1, 0.15) is 16.8 Å². The van der Waals surface area contributed by atoms with E-state index in [0.29, 0.717) is 11.4 Å². The van der Waals surface area contributed by atoms with Crippen LogP contribution in [0.4, 0.5) is 34.9 Å². The van der Waals surface area contributed by atoms with E-state index in [9.17, 15) is 22.4 Å². The Labute approximate surface area is 186 Å². The fourth-order valence-electron chi connectivity index (χ4n) is 3.74. The molecule has 1 amide bonds. The number of carbonyl (C=O) groups is 1. The summed E-state index contributed by atoms with van der Waals surface area (Å²) in [6.07, 6.45) is -2.93. The second-order valence-corrected chi connectivity index (χ2v) is 7.86. The minimum atomic E-state index is -4.59. The van der Waals surface area contributed by atoms with E-state index >= 15 is 0 Å². The van der Waals surface area contributed by atoms with Gasteiger partial charge in [0.15, 0.2) is 0 Å². The highest BCUT2D eigenvalue weighted by Gasteiger charge is 2.40. The van der Waals surface area contributed by atoms with E-state index in [4.69, 9.17) is 11.6 Å². The molecule has 10 heteroatoms. The number of hydrogen-bond acceptors (Lipinski definition) is 4. The zero-order chi connectivity index (χ0) is 23.2. The monoisotopic (exact) mass is 464 g/mol. The highest BCUT2D eigenvalue weighted by molar-refractivity contribution is 6.31. The first-order valence-corrected chi connectivity index (χ1v) is 9.95. The van der Waals surface area contributed by atoms with Gasteiger partial charge in [-0.15, -0.1) is 0 Å². The van der Waals surface area contributed by atoms with Gasteiger partial charge >= 0.3 is 6.18 Å². The van der Waals surface area contributed by atoms with Crippen molar-refractivity contribution in [3.05, 3.63) is 76.3 Å². The Balaban J connectivity index is 1.80. The van der Waals surface area contributed by atoms with Crippen molar-refractivity contribution in [2.24, 2.45) is 0 Å². The van der Waals surface area contributed by atoms with E-state index in [1.807, 2.05) is 0 Å². The Kier molecular flexibility index (Phi) is 5.54. The number of nitrogens with zero attached hydrogens (tertiary/aromatic N) is 4. The third kappa shape index (κ3) is 4.00. The molecular weight excluding hydrogens is 448 g/mol. The number of aryl methyl sites for hydroxylation is 1. The average Bonchev–Trinajstić information content (AvgIpc) is 3.13. The van der Waals surface area contributed by atoms with Crippen LogP contribution in [-0.2, 0) is 17.4 Å². The van der Waals surface area contributed by atoms with E-state index < -0.39 is 29.5 Å². The number of carbonyl (C=O) groups excluding carboxylic acids is 1. The van der Waals surface area contributed by atoms with E-state index in [1.54, 1.807) is 12.1 Å². The second kappa shape index (κ2) is 8.05. The molecule has 2 aromatic heterocycles. The molecule has 1 aromatic carbocycles. The summed E-state index contributed by atoms with van der Waals surface area (Å²) in [7, 11) is 1.39. The first-order valence-electron chi connectivity index (χ1n) is 9.58. The first kappa shape index (κ1) is 22.0. The molecular formula is C22H17ClF4N4O. The van der Waals surface area contributed by atoms with Gasteiger partial charge < -0.3 is 4.90 Å². The lowest BCUT2D eigenvalue weighted by atomic mass is 10.1. The predicted molar refractivity (Wildman–Crippen MR) is 113 cm³/mol. The molecule has 0 radical (unpaired) electrons. The van der Waals surface area contributed by atoms with E-state index in [1.165, 1.54) is 37.2 Å². The molecule has 0 bridgehead atoms. The topological polar surface area (TPSA) is 49.3 Å². The van der Waals surface area contributed by atoms with Gasteiger partial charge in [-0.25, -0.2) is 14.4 Å². The maximum atomic E-state index is 14.4. The lowest BCUT2D eigenvalue weighted by molar-refractivity contribution is -0.137. The third-order valence-electron chi connectivity index (χ3n) is 5.22. The number of amides is 1. The number of anilines is 3. The summed E-state index contributed by atoms with van der Waals surface area (Å²) in [6, 6.07) is 8.07. The summed E-state index contributed by atoms with van der Waals surface area (Å²) < 4.78 is 54.7. The first-order chi connectivity index (χ1) is 15.1. The minimum absolute atomic E-state index is 0.0421. The molecule has 0 saturated heterocycles. The van der Waals surface area contributed by atoms with Gasteiger partial charge in [-0.1, -0.05) is 17.7 Å². The molecule has 0 spiro atoms. The summed E-state index contributed by atoms with van der Waals surface area (Å²) in [5, 5.41) is 0.240. The van der Waals surface area contributed by atoms with Crippen molar-refractivity contribution in [1.82, 2.24) is 9.97 Å². The van der Waals surface area contributed by atoms with Crippen LogP contribution in [0.15, 0.2) is 48.7 Å². The zero-order valence-corrected chi connectivity index (χ0v) is 17.7. The Bertz CT molecular complexity index is 1200. The summed E-state index contributed by atoms with van der Waals surface area (Å²) in [5.41, 5.74) is -0.119. The van der Waals surface area contributed by atoms with Crippen LogP contribution in [0, 0.1) is 12.7 Å². The Morgan fingerprint density at radius 1 is 1.22 bits per heavy atom. The number of hydrogen-bond donors (Lipinski definition) is 0. The average molecular weight is 465 g/mol. The molecule has 0 aliphatic carbocycles. The van der Waals surface area contributed by atoms with E-state index in [-0.39, 0.29) is 28.6 Å². The van der Waals surface area contributed by atoms with Crippen LogP contribution in [0.2, 0.25) is 5.02 Å². The third-order valence-corrected chi connectivity index (χ3v) is 5.45. The number of likely N-dealkylation sites (N-methyl/N-ethyl adjacent to an activating group) is 1. The van der Waals surface area contributed by atoms with Crippen LogP contribution in [0.3, 0.4) is 0 Å². The number of pyridine rings is 2. The number of alkyl halides is 3. The van der Waals surface area contributed by atoms with Gasteiger partial charge in [-0.2, -0.15) is 13.2 Å². The highest BCUT2D eigenvalue weighted by Crippen LogP contribution is 2.39. The highest BCUT2D eigenvalue weighted by atomic mass is 35.5. The molecule has 1 aliphatic heterocycles. The standard InChI is InChI=1S/C22H17ClF4N4O/c1-12-8-14(22(25,26)27)10-19(29-12)31-18(9-13-4-3-7-28-20(13)31)21(32)30(2)17-11-15(23)5-6-16(17)24/h3-8,10-11,18H,9H2,1-2H3. The van der Waals surface area contributed by atoms with Gasteiger partial charge in [0.05, 0.1) is 11.3 Å². The van der Waals surface area contributed by atoms with E-state index in [0.717, 1.165) is 23.1 Å². The molecule has 1 atom stereocenters. The molecule has 0 N–H and O–H groups in total. The molecule has 32 heavy (non-hydrogen) atoms. The summed E-state index contributed by atoms with van der Waals surface area (Å²) in [4.78, 5) is 24.4. The smallest absolute Gasteiger partial charge is 0.311 e. The molecule has 1 unspecified atom stereocenters. The molecule has 5 nitrogen and oxygen atoms in total. The molecule has 4 rings (SSSR count). The number of benzene rings is 1. The van der Waals surface area contributed by atoms with E-state index in [2.05, 4.69) is 9.97 Å². The lowest BCUT2D eigenvalue weighted by Crippen LogP contribution is -2.45. The molecule has 3 heterocycles.